The molecule has 0 aliphatic carbocycles. The number of hydrogen-bond acceptors (Lipinski definition) is 6. The summed E-state index contributed by atoms with van der Waals surface area (Å²) in [6, 6.07) is 37.3. The maximum atomic E-state index is 15.4. The summed E-state index contributed by atoms with van der Waals surface area (Å²) in [4.78, 5) is 35.4. The van der Waals surface area contributed by atoms with Gasteiger partial charge in [-0.25, -0.2) is 4.79 Å². The number of aliphatic hydroxyl groups excluding tert-OH is 1. The second-order valence-corrected chi connectivity index (χ2v) is 19.4. The Morgan fingerprint density at radius 2 is 1.43 bits per heavy atom. The number of nitrogens with zero attached hydrogens (tertiary/aromatic N) is 5. The number of hydrogen-bond donors (Lipinski definition) is 1. The van der Waals surface area contributed by atoms with Crippen LogP contribution >= 0.6 is 0 Å². The van der Waals surface area contributed by atoms with E-state index >= 15 is 4.79 Å². The number of unbranched alkanes of at least 4 members (excludes halogenated alkanes) is 1. The van der Waals surface area contributed by atoms with E-state index in [4.69, 9.17) is 14.7 Å². The van der Waals surface area contributed by atoms with E-state index in [1.165, 1.54) is 4.90 Å². The van der Waals surface area contributed by atoms with Crippen LogP contribution in [0, 0.1) is 0 Å². The Morgan fingerprint density at radius 3 is 1.91 bits per heavy atom. The van der Waals surface area contributed by atoms with Gasteiger partial charge in [-0.2, -0.15) is 0 Å². The standard InChI is InChI=1S/C43H53N5O5Si/c1-7-36(53-54(42(2,3)4,34-26-16-10-17-27-34)35-28-18-11-19-29-35)43(5)39(48(41(51)52-43)31-21-20-30-45-46-44)40(50)47(6)37(32-22-12-8-13-23-32)38(49)33-24-14-9-15-25-33/h8-19,22-29,36-39,49H,7,20-21,30-31H2,1-6H3/t36-,37+,38+,39-,43-/m1/s1. The first kappa shape index (κ1) is 40.3. The number of likely N-dealkylation sites (N-methyl/N-ethyl adjacent to an activating group) is 1. The van der Waals surface area contributed by atoms with Crippen molar-refractivity contribution in [2.45, 2.75) is 88.8 Å². The number of benzene rings is 4. The van der Waals surface area contributed by atoms with Crippen molar-refractivity contribution in [2.24, 2.45) is 5.11 Å². The monoisotopic (exact) mass is 747 g/mol. The van der Waals surface area contributed by atoms with Crippen molar-refractivity contribution in [1.29, 1.82) is 0 Å². The van der Waals surface area contributed by atoms with Crippen LogP contribution in [-0.2, 0) is 14.0 Å². The van der Waals surface area contributed by atoms with Gasteiger partial charge in [0.05, 0.1) is 12.1 Å². The molecule has 1 aliphatic rings. The average Bonchev–Trinajstić information content (AvgIpc) is 3.44. The molecule has 0 bridgehead atoms. The normalized spacial score (nSPS) is 19.0. The molecule has 1 aliphatic heterocycles. The van der Waals surface area contributed by atoms with Gasteiger partial charge < -0.3 is 19.2 Å². The van der Waals surface area contributed by atoms with Gasteiger partial charge in [-0.05, 0) is 58.3 Å². The largest absolute Gasteiger partial charge is 0.438 e. The fourth-order valence-corrected chi connectivity index (χ4v) is 12.9. The van der Waals surface area contributed by atoms with Crippen molar-refractivity contribution >= 4 is 30.7 Å². The second-order valence-electron chi connectivity index (χ2n) is 15.1. The van der Waals surface area contributed by atoms with Gasteiger partial charge in [-0.15, -0.1) is 0 Å². The third kappa shape index (κ3) is 8.10. The number of carbonyl (C=O) groups excluding carboxylic acids is 2. The van der Waals surface area contributed by atoms with Crippen molar-refractivity contribution in [3.63, 3.8) is 0 Å². The van der Waals surface area contributed by atoms with Crippen LogP contribution in [0.5, 0.6) is 0 Å². The van der Waals surface area contributed by atoms with E-state index in [-0.39, 0.29) is 24.0 Å². The van der Waals surface area contributed by atoms with E-state index in [2.05, 4.69) is 55.1 Å². The van der Waals surface area contributed by atoms with Crippen molar-refractivity contribution in [1.82, 2.24) is 9.80 Å². The van der Waals surface area contributed by atoms with Crippen molar-refractivity contribution in [2.75, 3.05) is 20.1 Å². The molecule has 5 atom stereocenters. The molecular weight excluding hydrogens is 695 g/mol. The molecule has 2 amide bonds. The average molecular weight is 748 g/mol. The summed E-state index contributed by atoms with van der Waals surface area (Å²) in [5.74, 6) is -0.383. The number of cyclic esters (lactones) is 1. The van der Waals surface area contributed by atoms with Crippen LogP contribution in [0.25, 0.3) is 10.4 Å². The number of carbonyl (C=O) groups is 2. The van der Waals surface area contributed by atoms with E-state index in [1.807, 2.05) is 111 Å². The Morgan fingerprint density at radius 1 is 0.926 bits per heavy atom. The lowest BCUT2D eigenvalue weighted by Gasteiger charge is -2.48. The van der Waals surface area contributed by atoms with Gasteiger partial charge in [-0.1, -0.05) is 154 Å². The van der Waals surface area contributed by atoms with Crippen molar-refractivity contribution < 1.29 is 23.9 Å². The predicted molar refractivity (Wildman–Crippen MR) is 215 cm³/mol. The molecule has 10 nitrogen and oxygen atoms in total. The molecule has 0 radical (unpaired) electrons. The fraction of sp³-hybridized carbons (Fsp3) is 0.395. The van der Waals surface area contributed by atoms with Crippen LogP contribution in [0.2, 0.25) is 5.04 Å². The highest BCUT2D eigenvalue weighted by Gasteiger charge is 2.62. The number of azide groups is 1. The maximum absolute atomic E-state index is 15.4. The lowest BCUT2D eigenvalue weighted by atomic mass is 9.86. The van der Waals surface area contributed by atoms with E-state index in [1.54, 1.807) is 11.9 Å². The zero-order valence-electron chi connectivity index (χ0n) is 32.2. The predicted octanol–water partition coefficient (Wildman–Crippen LogP) is 7.94. The summed E-state index contributed by atoms with van der Waals surface area (Å²) in [7, 11) is -1.50. The number of ether oxygens (including phenoxy) is 1. The summed E-state index contributed by atoms with van der Waals surface area (Å²) in [5, 5.41) is 17.4. The lowest BCUT2D eigenvalue weighted by molar-refractivity contribution is -0.147. The topological polar surface area (TPSA) is 128 Å². The molecule has 0 saturated carbocycles. The SMILES string of the molecule is CC[C@@H](O[Si](c1ccccc1)(c1ccccc1)C(C)(C)C)[C@@]1(C)OC(=O)N(CCCCN=[N+]=[N-])[C@@H]1C(=O)N(C)[C@@H](c1ccccc1)[C@@H](O)c1ccccc1. The Hall–Kier alpha value is -4.93. The summed E-state index contributed by atoms with van der Waals surface area (Å²) >= 11 is 0. The molecule has 4 aromatic carbocycles. The molecule has 1 saturated heterocycles. The van der Waals surface area contributed by atoms with E-state index in [0.717, 1.165) is 15.9 Å². The van der Waals surface area contributed by atoms with E-state index in [0.29, 0.717) is 24.8 Å². The first-order valence-corrected chi connectivity index (χ1v) is 20.7. The summed E-state index contributed by atoms with van der Waals surface area (Å²) in [6.45, 7) is 10.9. The molecule has 4 aromatic rings. The van der Waals surface area contributed by atoms with Crippen LogP contribution in [0.3, 0.4) is 0 Å². The molecule has 1 heterocycles. The van der Waals surface area contributed by atoms with Gasteiger partial charge >= 0.3 is 6.09 Å². The Labute approximate surface area is 320 Å². The van der Waals surface area contributed by atoms with Gasteiger partial charge in [0.1, 0.15) is 6.10 Å². The Balaban J connectivity index is 1.64. The molecule has 1 fully saturated rings. The highest BCUT2D eigenvalue weighted by atomic mass is 28.4. The van der Waals surface area contributed by atoms with E-state index < -0.39 is 44.3 Å². The van der Waals surface area contributed by atoms with Crippen molar-refractivity contribution in [3.05, 3.63) is 143 Å². The van der Waals surface area contributed by atoms with Crippen LogP contribution in [0.4, 0.5) is 4.79 Å². The van der Waals surface area contributed by atoms with Gasteiger partial charge in [0.15, 0.2) is 11.6 Å². The number of rotatable bonds is 16. The van der Waals surface area contributed by atoms with E-state index in [9.17, 15) is 9.90 Å². The summed E-state index contributed by atoms with van der Waals surface area (Å²) in [5.41, 5.74) is 8.80. The second kappa shape index (κ2) is 17.5. The number of amides is 2. The highest BCUT2D eigenvalue weighted by Crippen LogP contribution is 2.44. The zero-order chi connectivity index (χ0) is 38.9. The maximum Gasteiger partial charge on any atom is 0.411 e. The fourth-order valence-electron chi connectivity index (χ4n) is 8.01. The highest BCUT2D eigenvalue weighted by molar-refractivity contribution is 6.99. The quantitative estimate of drug-likeness (QED) is 0.0409. The van der Waals surface area contributed by atoms with Gasteiger partial charge in [-0.3, -0.25) is 9.69 Å². The summed E-state index contributed by atoms with van der Waals surface area (Å²) < 4.78 is 14.1. The van der Waals surface area contributed by atoms with Crippen LogP contribution in [0.1, 0.15) is 77.2 Å². The Kier molecular flexibility index (Phi) is 13.0. The first-order valence-electron chi connectivity index (χ1n) is 18.7. The third-order valence-corrected chi connectivity index (χ3v) is 15.7. The summed E-state index contributed by atoms with van der Waals surface area (Å²) in [6.07, 6.45) is -0.939. The Bertz CT molecular complexity index is 1830. The number of aliphatic hydroxyl groups is 1. The minimum atomic E-state index is -3.18. The molecule has 0 aromatic heterocycles. The third-order valence-electron chi connectivity index (χ3n) is 10.7. The minimum absolute atomic E-state index is 0.201. The van der Waals surface area contributed by atoms with Gasteiger partial charge in [0.25, 0.3) is 8.32 Å². The molecule has 11 heteroatoms. The van der Waals surface area contributed by atoms with Crippen molar-refractivity contribution in [3.8, 4) is 0 Å². The molecule has 5 rings (SSSR count). The van der Waals surface area contributed by atoms with Crippen LogP contribution < -0.4 is 10.4 Å². The molecular formula is C43H53N5O5Si. The lowest BCUT2D eigenvalue weighted by Crippen LogP contribution is -2.70. The van der Waals surface area contributed by atoms with Gasteiger partial charge in [0.2, 0.25) is 5.91 Å². The smallest absolute Gasteiger partial charge is 0.411 e. The minimum Gasteiger partial charge on any atom is -0.438 e. The molecule has 0 unspecified atom stereocenters. The first-order chi connectivity index (χ1) is 25.9. The van der Waals surface area contributed by atoms with Crippen LogP contribution in [-0.4, -0.2) is 73.1 Å². The van der Waals surface area contributed by atoms with Crippen LogP contribution in [0.15, 0.2) is 126 Å². The molecule has 1 N–H and O–H groups in total. The molecule has 0 spiro atoms. The molecule has 54 heavy (non-hydrogen) atoms. The molecule has 284 valence electrons. The zero-order valence-corrected chi connectivity index (χ0v) is 33.2. The van der Waals surface area contributed by atoms with Gasteiger partial charge in [0, 0.05) is 25.0 Å².